The van der Waals surface area contributed by atoms with Crippen LogP contribution in [0.25, 0.3) is 0 Å². The van der Waals surface area contributed by atoms with Crippen LogP contribution in [0.4, 0.5) is 4.79 Å². The van der Waals surface area contributed by atoms with Gasteiger partial charge in [-0.25, -0.2) is 9.48 Å². The summed E-state index contributed by atoms with van der Waals surface area (Å²) in [6.07, 6.45) is 2.52. The molecule has 1 aliphatic rings. The van der Waals surface area contributed by atoms with E-state index < -0.39 is 0 Å². The SMILES string of the molecule is CC(C)NC(=O)[C@@H]1C[C@@H](n2cc(CN(C)C(=O)N(C)C)nn2)CN1.Cl. The van der Waals surface area contributed by atoms with Crippen molar-refractivity contribution in [1.29, 1.82) is 0 Å². The van der Waals surface area contributed by atoms with Gasteiger partial charge in [0.2, 0.25) is 5.91 Å². The van der Waals surface area contributed by atoms with Gasteiger partial charge in [0.25, 0.3) is 0 Å². The molecule has 1 saturated heterocycles. The van der Waals surface area contributed by atoms with Gasteiger partial charge in [-0.2, -0.15) is 0 Å². The minimum Gasteiger partial charge on any atom is -0.353 e. The molecule has 0 unspecified atom stereocenters. The van der Waals surface area contributed by atoms with E-state index in [4.69, 9.17) is 0 Å². The monoisotopic (exact) mass is 373 g/mol. The number of nitrogens with zero attached hydrogens (tertiary/aromatic N) is 5. The second-order valence-corrected chi connectivity index (χ2v) is 6.74. The van der Waals surface area contributed by atoms with Crippen molar-refractivity contribution in [3.05, 3.63) is 11.9 Å². The fourth-order valence-electron chi connectivity index (χ4n) is 2.72. The van der Waals surface area contributed by atoms with Crippen LogP contribution in [0.3, 0.4) is 0 Å². The van der Waals surface area contributed by atoms with Crippen LogP contribution in [-0.4, -0.2) is 76.5 Å². The minimum atomic E-state index is -0.206. The first-order valence-corrected chi connectivity index (χ1v) is 8.14. The van der Waals surface area contributed by atoms with E-state index in [1.165, 1.54) is 4.90 Å². The minimum absolute atomic E-state index is 0. The van der Waals surface area contributed by atoms with Gasteiger partial charge in [-0.1, -0.05) is 5.21 Å². The lowest BCUT2D eigenvalue weighted by Gasteiger charge is -2.20. The number of halogens is 1. The van der Waals surface area contributed by atoms with Crippen LogP contribution in [0.1, 0.15) is 32.0 Å². The fraction of sp³-hybridized carbons (Fsp3) is 0.733. The Morgan fingerprint density at radius 3 is 2.68 bits per heavy atom. The molecule has 1 fully saturated rings. The molecule has 2 atom stereocenters. The number of amides is 3. The van der Waals surface area contributed by atoms with Crippen LogP contribution >= 0.6 is 12.4 Å². The molecular formula is C15H28ClN7O2. The van der Waals surface area contributed by atoms with Crippen molar-refractivity contribution in [2.75, 3.05) is 27.7 Å². The lowest BCUT2D eigenvalue weighted by molar-refractivity contribution is -0.123. The smallest absolute Gasteiger partial charge is 0.319 e. The Hall–Kier alpha value is -1.87. The third kappa shape index (κ3) is 5.57. The molecule has 0 saturated carbocycles. The molecule has 1 aliphatic heterocycles. The van der Waals surface area contributed by atoms with Crippen LogP contribution in [0, 0.1) is 0 Å². The topological polar surface area (TPSA) is 95.4 Å². The quantitative estimate of drug-likeness (QED) is 0.771. The third-order valence-corrected chi connectivity index (χ3v) is 3.90. The Morgan fingerprint density at radius 2 is 2.08 bits per heavy atom. The van der Waals surface area contributed by atoms with Crippen LogP contribution in [0.15, 0.2) is 6.20 Å². The van der Waals surface area contributed by atoms with Crippen molar-refractivity contribution in [1.82, 2.24) is 35.4 Å². The standard InChI is InChI=1S/C15H27N7O2.ClH/c1-10(2)17-14(23)13-6-12(7-16-13)22-9-11(18-19-22)8-21(5)15(24)20(3)4;/h9-10,12-13,16H,6-8H2,1-5H3,(H,17,23);1H/t12-,13+;/m1./s1. The highest BCUT2D eigenvalue weighted by Crippen LogP contribution is 2.19. The average molecular weight is 374 g/mol. The second-order valence-electron chi connectivity index (χ2n) is 6.74. The zero-order valence-electron chi connectivity index (χ0n) is 15.4. The Labute approximate surface area is 154 Å². The summed E-state index contributed by atoms with van der Waals surface area (Å²) in [6.45, 7) is 4.96. The summed E-state index contributed by atoms with van der Waals surface area (Å²) in [7, 11) is 5.15. The fourth-order valence-corrected chi connectivity index (χ4v) is 2.72. The van der Waals surface area contributed by atoms with E-state index in [9.17, 15) is 9.59 Å². The van der Waals surface area contributed by atoms with Crippen molar-refractivity contribution in [3.63, 3.8) is 0 Å². The molecule has 2 rings (SSSR count). The summed E-state index contributed by atoms with van der Waals surface area (Å²) < 4.78 is 1.78. The van der Waals surface area contributed by atoms with Gasteiger partial charge in [-0.15, -0.1) is 17.5 Å². The summed E-state index contributed by atoms with van der Waals surface area (Å²) in [5.41, 5.74) is 0.725. The van der Waals surface area contributed by atoms with E-state index in [0.717, 1.165) is 5.69 Å². The van der Waals surface area contributed by atoms with Gasteiger partial charge >= 0.3 is 6.03 Å². The van der Waals surface area contributed by atoms with E-state index in [-0.39, 0.29) is 42.5 Å². The number of nitrogens with one attached hydrogen (secondary N) is 2. The van der Waals surface area contributed by atoms with E-state index >= 15 is 0 Å². The Morgan fingerprint density at radius 1 is 1.40 bits per heavy atom. The number of hydrogen-bond donors (Lipinski definition) is 2. The Kier molecular flexibility index (Phi) is 7.62. The predicted octanol–water partition coefficient (Wildman–Crippen LogP) is 0.241. The lowest BCUT2D eigenvalue weighted by atomic mass is 10.1. The Bertz CT molecular complexity index is 590. The first kappa shape index (κ1) is 21.2. The molecule has 142 valence electrons. The molecule has 1 aromatic heterocycles. The number of carbonyl (C=O) groups excluding carboxylic acids is 2. The highest BCUT2D eigenvalue weighted by molar-refractivity contribution is 5.85. The molecule has 1 aromatic rings. The lowest BCUT2D eigenvalue weighted by Crippen LogP contribution is -2.43. The molecule has 0 aliphatic carbocycles. The van der Waals surface area contributed by atoms with Gasteiger partial charge in [0.05, 0.1) is 24.8 Å². The Balaban J connectivity index is 0.00000312. The number of aromatic nitrogens is 3. The zero-order valence-corrected chi connectivity index (χ0v) is 16.2. The molecule has 2 heterocycles. The molecule has 0 bridgehead atoms. The van der Waals surface area contributed by atoms with E-state index in [2.05, 4.69) is 20.9 Å². The summed E-state index contributed by atoms with van der Waals surface area (Å²) in [5.74, 6) is 0.0177. The van der Waals surface area contributed by atoms with Crippen molar-refractivity contribution < 1.29 is 9.59 Å². The largest absolute Gasteiger partial charge is 0.353 e. The zero-order chi connectivity index (χ0) is 17.9. The molecule has 25 heavy (non-hydrogen) atoms. The molecule has 10 heteroatoms. The van der Waals surface area contributed by atoms with Crippen molar-refractivity contribution in [2.45, 2.75) is 44.9 Å². The maximum Gasteiger partial charge on any atom is 0.319 e. The average Bonchev–Trinajstić information content (AvgIpc) is 3.13. The molecular weight excluding hydrogens is 346 g/mol. The molecule has 0 spiro atoms. The highest BCUT2D eigenvalue weighted by Gasteiger charge is 2.31. The first-order valence-electron chi connectivity index (χ1n) is 8.14. The predicted molar refractivity (Wildman–Crippen MR) is 96.5 cm³/mol. The van der Waals surface area contributed by atoms with Gasteiger partial charge in [0.15, 0.2) is 0 Å². The number of carbonyl (C=O) groups is 2. The summed E-state index contributed by atoms with van der Waals surface area (Å²) in [6, 6.07) is -0.0781. The summed E-state index contributed by atoms with van der Waals surface area (Å²) in [4.78, 5) is 27.0. The number of urea groups is 1. The van der Waals surface area contributed by atoms with Gasteiger partial charge in [-0.05, 0) is 20.3 Å². The molecule has 3 amide bonds. The van der Waals surface area contributed by atoms with E-state index in [1.54, 1.807) is 30.7 Å². The summed E-state index contributed by atoms with van der Waals surface area (Å²) >= 11 is 0. The molecule has 0 radical (unpaired) electrons. The first-order chi connectivity index (χ1) is 11.3. The normalized spacial score (nSPS) is 19.4. The van der Waals surface area contributed by atoms with Gasteiger partial charge in [0, 0.05) is 33.7 Å². The van der Waals surface area contributed by atoms with Crippen molar-refractivity contribution >= 4 is 24.3 Å². The molecule has 2 N–H and O–H groups in total. The maximum absolute atomic E-state index is 12.1. The number of hydrogen-bond acceptors (Lipinski definition) is 5. The van der Waals surface area contributed by atoms with E-state index in [0.29, 0.717) is 19.5 Å². The second kappa shape index (κ2) is 9.00. The third-order valence-electron chi connectivity index (χ3n) is 3.90. The van der Waals surface area contributed by atoms with Crippen LogP contribution in [-0.2, 0) is 11.3 Å². The van der Waals surface area contributed by atoms with Gasteiger partial charge < -0.3 is 20.4 Å². The molecule has 9 nitrogen and oxygen atoms in total. The van der Waals surface area contributed by atoms with Gasteiger partial charge in [-0.3, -0.25) is 4.79 Å². The van der Waals surface area contributed by atoms with Crippen LogP contribution in [0.2, 0.25) is 0 Å². The van der Waals surface area contributed by atoms with Gasteiger partial charge in [0.1, 0.15) is 5.69 Å². The number of rotatable bonds is 5. The van der Waals surface area contributed by atoms with Crippen LogP contribution in [0.5, 0.6) is 0 Å². The highest BCUT2D eigenvalue weighted by atomic mass is 35.5. The van der Waals surface area contributed by atoms with Crippen LogP contribution < -0.4 is 10.6 Å². The van der Waals surface area contributed by atoms with E-state index in [1.807, 2.05) is 20.0 Å². The van der Waals surface area contributed by atoms with Crippen molar-refractivity contribution in [2.24, 2.45) is 0 Å². The summed E-state index contributed by atoms with van der Waals surface area (Å²) in [5, 5.41) is 14.4. The van der Waals surface area contributed by atoms with Crippen molar-refractivity contribution in [3.8, 4) is 0 Å². The maximum atomic E-state index is 12.1. The molecule has 0 aromatic carbocycles.